The van der Waals surface area contributed by atoms with E-state index in [0.717, 1.165) is 45.1 Å². The molecule has 2 amide bonds. The summed E-state index contributed by atoms with van der Waals surface area (Å²) < 4.78 is 0. The number of benzene rings is 3. The molecule has 1 aliphatic heterocycles. The Bertz CT molecular complexity index is 1370. The molecule has 0 atom stereocenters. The number of nitrogens with zero attached hydrogens (tertiary/aromatic N) is 2. The Labute approximate surface area is 209 Å². The van der Waals surface area contributed by atoms with Crippen molar-refractivity contribution in [2.24, 2.45) is 0 Å². The second-order valence-corrected chi connectivity index (χ2v) is 9.25. The molecule has 0 saturated heterocycles. The number of anilines is 2. The van der Waals surface area contributed by atoms with Crippen LogP contribution in [0.2, 0.25) is 0 Å². The molecule has 0 bridgehead atoms. The van der Waals surface area contributed by atoms with Crippen molar-refractivity contribution >= 4 is 35.0 Å². The fourth-order valence-corrected chi connectivity index (χ4v) is 4.84. The van der Waals surface area contributed by atoms with Crippen LogP contribution in [0.25, 0.3) is 11.1 Å². The summed E-state index contributed by atoms with van der Waals surface area (Å²) in [5.41, 5.74) is 5.97. The second kappa shape index (κ2) is 10.2. The van der Waals surface area contributed by atoms with E-state index in [1.807, 2.05) is 96.1 Å². The van der Waals surface area contributed by atoms with Gasteiger partial charge >= 0.3 is 0 Å². The maximum absolute atomic E-state index is 13.4. The number of nitrogens with one attached hydrogen (secondary N) is 1. The van der Waals surface area contributed by atoms with Gasteiger partial charge in [-0.1, -0.05) is 42.5 Å². The number of pyridine rings is 1. The van der Waals surface area contributed by atoms with Crippen LogP contribution in [0.4, 0.5) is 11.4 Å². The zero-order valence-corrected chi connectivity index (χ0v) is 20.2. The van der Waals surface area contributed by atoms with Gasteiger partial charge in [-0.25, -0.2) is 0 Å². The smallest absolute Gasteiger partial charge is 0.256 e. The van der Waals surface area contributed by atoms with Crippen molar-refractivity contribution in [2.75, 3.05) is 23.0 Å². The molecule has 0 radical (unpaired) electrons. The normalized spacial score (nSPS) is 12.3. The molecule has 1 N–H and O–H groups in total. The number of hydrogen-bond acceptors (Lipinski definition) is 4. The van der Waals surface area contributed by atoms with Gasteiger partial charge in [-0.05, 0) is 71.8 Å². The molecule has 35 heavy (non-hydrogen) atoms. The predicted octanol–water partition coefficient (Wildman–Crippen LogP) is 5.85. The molecule has 1 aliphatic rings. The first-order valence-corrected chi connectivity index (χ1v) is 12.7. The third-order valence-corrected chi connectivity index (χ3v) is 6.87. The Morgan fingerprint density at radius 3 is 2.57 bits per heavy atom. The average molecular weight is 480 g/mol. The minimum Gasteiger partial charge on any atom is -0.322 e. The van der Waals surface area contributed by atoms with Gasteiger partial charge < -0.3 is 10.2 Å². The monoisotopic (exact) mass is 479 g/mol. The second-order valence-electron chi connectivity index (χ2n) is 8.37. The average Bonchev–Trinajstić information content (AvgIpc) is 3.33. The predicted molar refractivity (Wildman–Crippen MR) is 142 cm³/mol. The van der Waals surface area contributed by atoms with Gasteiger partial charge in [0.25, 0.3) is 5.91 Å². The molecule has 6 heteroatoms. The number of carbonyl (C=O) groups is 2. The molecule has 4 aromatic rings. The number of thioether (sulfide) groups is 1. The molecule has 3 aromatic carbocycles. The summed E-state index contributed by atoms with van der Waals surface area (Å²) in [6.07, 6.45) is 4.73. The molecule has 174 valence electrons. The fraction of sp³-hybridized carbons (Fsp3) is 0.138. The van der Waals surface area contributed by atoms with E-state index in [1.54, 1.807) is 18.0 Å². The molecule has 0 fully saturated rings. The van der Waals surface area contributed by atoms with Crippen LogP contribution in [-0.2, 0) is 17.6 Å². The topological polar surface area (TPSA) is 62.3 Å². The van der Waals surface area contributed by atoms with Crippen molar-refractivity contribution in [3.8, 4) is 11.1 Å². The quantitative estimate of drug-likeness (QED) is 0.352. The van der Waals surface area contributed by atoms with Gasteiger partial charge in [-0.15, -0.1) is 11.8 Å². The summed E-state index contributed by atoms with van der Waals surface area (Å²) in [4.78, 5) is 33.3. The minimum absolute atomic E-state index is 0.0284. The Balaban J connectivity index is 1.36. The number of fused-ring (bicyclic) bond motifs is 1. The number of rotatable bonds is 6. The number of hydrogen-bond donors (Lipinski definition) is 1. The van der Waals surface area contributed by atoms with E-state index < -0.39 is 0 Å². The molecular formula is C29H25N3O2S. The summed E-state index contributed by atoms with van der Waals surface area (Å²) in [5.74, 6) is -0.124. The summed E-state index contributed by atoms with van der Waals surface area (Å²) in [7, 11) is 0. The summed E-state index contributed by atoms with van der Waals surface area (Å²) in [5, 5.41) is 3.07. The van der Waals surface area contributed by atoms with Crippen molar-refractivity contribution in [3.63, 3.8) is 0 Å². The van der Waals surface area contributed by atoms with Crippen molar-refractivity contribution < 1.29 is 9.59 Å². The molecular weight excluding hydrogens is 454 g/mol. The number of carbonyl (C=O) groups excluding carboxylic acids is 2. The van der Waals surface area contributed by atoms with Crippen LogP contribution in [0.3, 0.4) is 0 Å². The lowest BCUT2D eigenvalue weighted by atomic mass is 9.99. The van der Waals surface area contributed by atoms with Gasteiger partial charge in [0.05, 0.1) is 6.42 Å². The lowest BCUT2D eigenvalue weighted by Gasteiger charge is -2.18. The lowest BCUT2D eigenvalue weighted by Crippen LogP contribution is -2.30. The van der Waals surface area contributed by atoms with Crippen LogP contribution < -0.4 is 10.2 Å². The Morgan fingerprint density at radius 1 is 0.971 bits per heavy atom. The third-order valence-electron chi connectivity index (χ3n) is 6.15. The third kappa shape index (κ3) is 4.98. The van der Waals surface area contributed by atoms with Crippen LogP contribution in [-0.4, -0.2) is 29.6 Å². The molecule has 1 aromatic heterocycles. The molecule has 2 heterocycles. The summed E-state index contributed by atoms with van der Waals surface area (Å²) in [6, 6.07) is 27.3. The number of aromatic nitrogens is 1. The Kier molecular flexibility index (Phi) is 6.64. The van der Waals surface area contributed by atoms with E-state index in [9.17, 15) is 9.59 Å². The summed E-state index contributed by atoms with van der Waals surface area (Å²) >= 11 is 1.61. The highest BCUT2D eigenvalue weighted by atomic mass is 32.2. The van der Waals surface area contributed by atoms with Gasteiger partial charge in [-0.2, -0.15) is 0 Å². The highest BCUT2D eigenvalue weighted by Crippen LogP contribution is 2.32. The standard InChI is InChI=1S/C29H25N3O2S/c1-35-24-11-12-25(20-7-3-2-4-8-20)26(19-24)29(34)31-23-10-13-27-21(17-23)14-16-32(27)28(33)18-22-9-5-6-15-30-22/h2-13,15,17,19H,14,16,18H2,1H3,(H,31,34). The van der Waals surface area contributed by atoms with Crippen molar-refractivity contribution in [3.05, 3.63) is 108 Å². The van der Waals surface area contributed by atoms with Crippen LogP contribution >= 0.6 is 11.8 Å². The lowest BCUT2D eigenvalue weighted by molar-refractivity contribution is -0.117. The van der Waals surface area contributed by atoms with Crippen LogP contribution in [0.1, 0.15) is 21.6 Å². The maximum atomic E-state index is 13.4. The Hall–Kier alpha value is -3.90. The van der Waals surface area contributed by atoms with E-state index in [0.29, 0.717) is 12.1 Å². The van der Waals surface area contributed by atoms with E-state index in [4.69, 9.17) is 0 Å². The van der Waals surface area contributed by atoms with Crippen LogP contribution in [0.5, 0.6) is 0 Å². The van der Waals surface area contributed by atoms with E-state index in [2.05, 4.69) is 10.3 Å². The SMILES string of the molecule is CSc1ccc(-c2ccccc2)c(C(=O)Nc2ccc3c(c2)CCN3C(=O)Cc2ccccn2)c1. The molecule has 5 rings (SSSR count). The molecule has 0 unspecified atom stereocenters. The van der Waals surface area contributed by atoms with Crippen molar-refractivity contribution in [1.82, 2.24) is 4.98 Å². The van der Waals surface area contributed by atoms with Gasteiger partial charge in [-0.3, -0.25) is 14.6 Å². The van der Waals surface area contributed by atoms with Gasteiger partial charge in [0.1, 0.15) is 0 Å². The molecule has 5 nitrogen and oxygen atoms in total. The van der Waals surface area contributed by atoms with E-state index in [-0.39, 0.29) is 18.2 Å². The Morgan fingerprint density at radius 2 is 1.80 bits per heavy atom. The highest BCUT2D eigenvalue weighted by molar-refractivity contribution is 7.98. The van der Waals surface area contributed by atoms with Gasteiger partial charge in [0.15, 0.2) is 0 Å². The van der Waals surface area contributed by atoms with Crippen molar-refractivity contribution in [2.45, 2.75) is 17.7 Å². The minimum atomic E-state index is -0.152. The zero-order valence-electron chi connectivity index (χ0n) is 19.4. The van der Waals surface area contributed by atoms with Gasteiger partial charge in [0.2, 0.25) is 5.91 Å². The molecule has 0 spiro atoms. The van der Waals surface area contributed by atoms with E-state index in [1.165, 1.54) is 0 Å². The zero-order chi connectivity index (χ0) is 24.2. The number of amides is 2. The van der Waals surface area contributed by atoms with Gasteiger partial charge in [0, 0.05) is 40.3 Å². The van der Waals surface area contributed by atoms with E-state index >= 15 is 0 Å². The largest absolute Gasteiger partial charge is 0.322 e. The first-order chi connectivity index (χ1) is 17.1. The fourth-order valence-electron chi connectivity index (χ4n) is 4.40. The van der Waals surface area contributed by atoms with Crippen LogP contribution in [0.15, 0.2) is 96.0 Å². The first kappa shape index (κ1) is 22.9. The van der Waals surface area contributed by atoms with Crippen molar-refractivity contribution in [1.29, 1.82) is 0 Å². The first-order valence-electron chi connectivity index (χ1n) is 11.5. The maximum Gasteiger partial charge on any atom is 0.256 e. The summed E-state index contributed by atoms with van der Waals surface area (Å²) in [6.45, 7) is 0.631. The molecule has 0 saturated carbocycles. The van der Waals surface area contributed by atoms with Crippen LogP contribution in [0, 0.1) is 0 Å². The highest BCUT2D eigenvalue weighted by Gasteiger charge is 2.25. The molecule has 0 aliphatic carbocycles.